The minimum atomic E-state index is -0.141. The fourth-order valence-electron chi connectivity index (χ4n) is 8.74. The average molecular weight is 721 g/mol. The fourth-order valence-corrected chi connectivity index (χ4v) is 8.74. The van der Waals surface area contributed by atoms with Crippen LogP contribution in [0.5, 0.6) is 0 Å². The topological polar surface area (TPSA) is 42.4 Å². The van der Waals surface area contributed by atoms with Crippen molar-refractivity contribution in [3.05, 3.63) is 193 Å². The number of oxazole rings is 1. The Balaban J connectivity index is 1.08. The zero-order valence-corrected chi connectivity index (χ0v) is 31.0. The lowest BCUT2D eigenvalue weighted by atomic mass is 9.82. The lowest BCUT2D eigenvalue weighted by Gasteiger charge is -2.28. The Morgan fingerprint density at radius 1 is 0.464 bits per heavy atom. The summed E-state index contributed by atoms with van der Waals surface area (Å²) in [5, 5.41) is 2.12. The number of hydrogen-bond donors (Lipinski definition) is 0. The number of benzene rings is 8. The second-order valence-corrected chi connectivity index (χ2v) is 15.2. The van der Waals surface area contributed by atoms with E-state index in [9.17, 15) is 0 Å². The minimum absolute atomic E-state index is 0.141. The van der Waals surface area contributed by atoms with E-state index < -0.39 is 0 Å². The van der Waals surface area contributed by atoms with E-state index in [1.54, 1.807) is 0 Å². The van der Waals surface area contributed by atoms with Crippen molar-refractivity contribution in [2.45, 2.75) is 19.3 Å². The molecule has 0 radical (unpaired) electrons. The molecule has 11 rings (SSSR count). The number of furan rings is 1. The van der Waals surface area contributed by atoms with Crippen LogP contribution in [0.4, 0.5) is 17.1 Å². The van der Waals surface area contributed by atoms with E-state index in [0.717, 1.165) is 66.8 Å². The van der Waals surface area contributed by atoms with Gasteiger partial charge in [-0.05, 0) is 105 Å². The Bertz CT molecular complexity index is 3100. The van der Waals surface area contributed by atoms with Crippen molar-refractivity contribution in [2.75, 3.05) is 4.90 Å². The summed E-state index contributed by atoms with van der Waals surface area (Å²) in [6.07, 6.45) is 0. The summed E-state index contributed by atoms with van der Waals surface area (Å²) in [6, 6.07) is 64.2. The van der Waals surface area contributed by atoms with E-state index >= 15 is 0 Å². The highest BCUT2D eigenvalue weighted by molar-refractivity contribution is 6.16. The number of nitrogens with zero attached hydrogens (tertiary/aromatic N) is 2. The van der Waals surface area contributed by atoms with E-state index in [1.165, 1.54) is 33.4 Å². The highest BCUT2D eigenvalue weighted by atomic mass is 16.3. The largest absolute Gasteiger partial charge is 0.454 e. The maximum Gasteiger partial charge on any atom is 0.227 e. The molecule has 0 saturated carbocycles. The van der Waals surface area contributed by atoms with Crippen LogP contribution in [0.15, 0.2) is 191 Å². The first-order valence-electron chi connectivity index (χ1n) is 19.1. The van der Waals surface area contributed by atoms with E-state index in [0.29, 0.717) is 5.89 Å². The highest BCUT2D eigenvalue weighted by Crippen LogP contribution is 2.51. The van der Waals surface area contributed by atoms with Gasteiger partial charge in [0.1, 0.15) is 11.1 Å². The van der Waals surface area contributed by atoms with Gasteiger partial charge in [-0.25, -0.2) is 4.98 Å². The van der Waals surface area contributed by atoms with Crippen molar-refractivity contribution in [3.8, 4) is 44.8 Å². The molecule has 56 heavy (non-hydrogen) atoms. The van der Waals surface area contributed by atoms with Gasteiger partial charge in [0.15, 0.2) is 11.2 Å². The van der Waals surface area contributed by atoms with Crippen LogP contribution in [0.1, 0.15) is 25.0 Å². The molecule has 0 unspecified atom stereocenters. The van der Waals surface area contributed by atoms with Gasteiger partial charge >= 0.3 is 0 Å². The van der Waals surface area contributed by atoms with E-state index in [1.807, 2.05) is 36.4 Å². The van der Waals surface area contributed by atoms with Crippen LogP contribution in [0.25, 0.3) is 77.9 Å². The summed E-state index contributed by atoms with van der Waals surface area (Å²) in [5.41, 5.74) is 16.9. The number of rotatable bonds is 6. The summed E-state index contributed by atoms with van der Waals surface area (Å²) < 4.78 is 13.2. The van der Waals surface area contributed by atoms with Gasteiger partial charge in [0.05, 0.1) is 5.69 Å². The molecule has 1 aliphatic rings. The average Bonchev–Trinajstić information content (AvgIpc) is 3.93. The molecule has 0 spiro atoms. The fraction of sp³-hybridized carbons (Fsp3) is 0.0577. The van der Waals surface area contributed by atoms with Gasteiger partial charge in [-0.2, -0.15) is 0 Å². The molecule has 8 aromatic carbocycles. The van der Waals surface area contributed by atoms with Gasteiger partial charge in [-0.15, -0.1) is 0 Å². The third-order valence-corrected chi connectivity index (χ3v) is 11.5. The van der Waals surface area contributed by atoms with Crippen LogP contribution < -0.4 is 4.90 Å². The molecule has 266 valence electrons. The van der Waals surface area contributed by atoms with Crippen LogP contribution in [0.3, 0.4) is 0 Å². The summed E-state index contributed by atoms with van der Waals surface area (Å²) in [5.74, 6) is 0.616. The smallest absolute Gasteiger partial charge is 0.227 e. The zero-order chi connectivity index (χ0) is 37.4. The maximum atomic E-state index is 6.92. The minimum Gasteiger partial charge on any atom is -0.454 e. The van der Waals surface area contributed by atoms with E-state index in [2.05, 4.69) is 164 Å². The summed E-state index contributed by atoms with van der Waals surface area (Å²) in [6.45, 7) is 4.67. The molecule has 2 aromatic heterocycles. The number of fused-ring (bicyclic) bond motifs is 7. The Hall–Kier alpha value is -7.17. The molecule has 2 heterocycles. The van der Waals surface area contributed by atoms with Crippen molar-refractivity contribution in [1.82, 2.24) is 4.98 Å². The predicted octanol–water partition coefficient (Wildman–Crippen LogP) is 14.5. The van der Waals surface area contributed by atoms with Gasteiger partial charge in [-0.3, -0.25) is 0 Å². The molecule has 0 aliphatic heterocycles. The maximum absolute atomic E-state index is 6.92. The van der Waals surface area contributed by atoms with Crippen molar-refractivity contribution < 1.29 is 8.83 Å². The van der Waals surface area contributed by atoms with Crippen molar-refractivity contribution in [1.29, 1.82) is 0 Å². The molecule has 0 atom stereocenters. The number of anilines is 3. The third kappa shape index (κ3) is 5.03. The monoisotopic (exact) mass is 720 g/mol. The molecule has 1 aliphatic carbocycles. The van der Waals surface area contributed by atoms with Crippen LogP contribution in [0.2, 0.25) is 0 Å². The van der Waals surface area contributed by atoms with Crippen LogP contribution in [-0.2, 0) is 5.41 Å². The lowest BCUT2D eigenvalue weighted by molar-refractivity contribution is 0.620. The second-order valence-electron chi connectivity index (χ2n) is 15.2. The Morgan fingerprint density at radius 3 is 1.95 bits per heavy atom. The van der Waals surface area contributed by atoms with Gasteiger partial charge in [0.2, 0.25) is 5.89 Å². The van der Waals surface area contributed by atoms with E-state index in [-0.39, 0.29) is 5.41 Å². The number of aromatic nitrogens is 1. The molecule has 4 heteroatoms. The number of hydrogen-bond acceptors (Lipinski definition) is 4. The molecule has 10 aromatic rings. The van der Waals surface area contributed by atoms with Crippen molar-refractivity contribution in [2.24, 2.45) is 0 Å². The Labute approximate surface area is 324 Å². The van der Waals surface area contributed by atoms with Gasteiger partial charge in [0.25, 0.3) is 0 Å². The molecule has 0 N–H and O–H groups in total. The molecular weight excluding hydrogens is 685 g/mol. The predicted molar refractivity (Wildman–Crippen MR) is 230 cm³/mol. The van der Waals surface area contributed by atoms with Gasteiger partial charge < -0.3 is 13.7 Å². The SMILES string of the molecule is CC1(C)c2ccccc2-c2ccc(N(c3ccc(-c4ccccc4)cc3)c3cccc4c3oc3cccc(-c5ccc6nc(-c7ccccc7)oc6c5)c34)cc21. The molecular formula is C52H36N2O2. The Kier molecular flexibility index (Phi) is 7.17. The van der Waals surface area contributed by atoms with Crippen molar-refractivity contribution in [3.63, 3.8) is 0 Å². The number of para-hydroxylation sites is 1. The summed E-state index contributed by atoms with van der Waals surface area (Å²) >= 11 is 0. The summed E-state index contributed by atoms with van der Waals surface area (Å²) in [4.78, 5) is 7.13. The zero-order valence-electron chi connectivity index (χ0n) is 31.0. The molecule has 0 bridgehead atoms. The first-order chi connectivity index (χ1) is 27.5. The van der Waals surface area contributed by atoms with Crippen LogP contribution >= 0.6 is 0 Å². The standard InChI is InChI=1S/C52H36N2O2/c1-52(2)43-20-10-9-17-40(43)41-29-28-38(32-44(41)52)54(37-26-23-34(24-27-37)33-13-5-3-6-14-33)46-21-11-19-42-49-39(18-12-22-47(49)55-50(42)46)36-25-30-45-48(31-36)56-51(53-45)35-15-7-4-8-16-35/h3-32H,1-2H3. The highest BCUT2D eigenvalue weighted by Gasteiger charge is 2.36. The molecule has 4 nitrogen and oxygen atoms in total. The van der Waals surface area contributed by atoms with E-state index in [4.69, 9.17) is 13.8 Å². The van der Waals surface area contributed by atoms with Crippen LogP contribution in [-0.4, -0.2) is 4.98 Å². The molecule has 0 amide bonds. The van der Waals surface area contributed by atoms with Crippen LogP contribution in [0, 0.1) is 0 Å². The third-order valence-electron chi connectivity index (χ3n) is 11.5. The Morgan fingerprint density at radius 2 is 1.12 bits per heavy atom. The quantitative estimate of drug-likeness (QED) is 0.171. The first-order valence-corrected chi connectivity index (χ1v) is 19.1. The van der Waals surface area contributed by atoms with Crippen molar-refractivity contribution >= 4 is 50.1 Å². The lowest BCUT2D eigenvalue weighted by Crippen LogP contribution is -2.16. The summed E-state index contributed by atoms with van der Waals surface area (Å²) in [7, 11) is 0. The molecule has 0 saturated heterocycles. The first kappa shape index (κ1) is 32.3. The normalized spacial score (nSPS) is 13.0. The van der Waals surface area contributed by atoms with Gasteiger partial charge in [0, 0.05) is 33.1 Å². The second kappa shape index (κ2) is 12.4. The van der Waals surface area contributed by atoms with Gasteiger partial charge in [-0.1, -0.05) is 135 Å². The molecule has 0 fully saturated rings.